The van der Waals surface area contributed by atoms with Crippen LogP contribution in [0.4, 0.5) is 19.7 Å². The minimum absolute atomic E-state index is 0.00335. The first-order valence-corrected chi connectivity index (χ1v) is 7.37. The predicted octanol–water partition coefficient (Wildman–Crippen LogP) is 0.782. The largest absolute Gasteiger partial charge is 0.480 e. The standard InChI is InChI=1S/C15H14FN3O6/c1-17-13(23)18-9-3-2-8-7(11(9)16)4-5-15(8)12(22)19(6-10(20)21)14(24)25-15/h2-3H,4-6H2,1H3,(H,20,21)(H2,17,18,23)/t15-/m0/s1. The minimum atomic E-state index is -1.71. The quantitative estimate of drug-likeness (QED) is 0.739. The molecule has 0 unspecified atom stereocenters. The molecule has 9 nitrogen and oxygen atoms in total. The molecular weight excluding hydrogens is 337 g/mol. The van der Waals surface area contributed by atoms with Crippen LogP contribution in [0.15, 0.2) is 12.1 Å². The predicted molar refractivity (Wildman–Crippen MR) is 80.3 cm³/mol. The number of benzene rings is 1. The highest BCUT2D eigenvalue weighted by Crippen LogP contribution is 2.47. The molecule has 4 amide bonds. The third kappa shape index (κ3) is 2.46. The Bertz CT molecular complexity index is 811. The van der Waals surface area contributed by atoms with Crippen LogP contribution in [0, 0.1) is 5.82 Å². The van der Waals surface area contributed by atoms with Gasteiger partial charge in [-0.3, -0.25) is 9.59 Å². The second-order valence-corrected chi connectivity index (χ2v) is 5.64. The summed E-state index contributed by atoms with van der Waals surface area (Å²) < 4.78 is 19.8. The van der Waals surface area contributed by atoms with E-state index in [0.717, 1.165) is 0 Å². The number of carbonyl (C=O) groups excluding carboxylic acids is 3. The van der Waals surface area contributed by atoms with E-state index in [2.05, 4.69) is 10.6 Å². The molecule has 1 aromatic carbocycles. The molecule has 1 spiro atoms. The third-order valence-corrected chi connectivity index (χ3v) is 4.25. The van der Waals surface area contributed by atoms with Crippen LogP contribution in [-0.2, 0) is 26.3 Å². The van der Waals surface area contributed by atoms with E-state index >= 15 is 0 Å². The van der Waals surface area contributed by atoms with Crippen molar-refractivity contribution in [3.63, 3.8) is 0 Å². The number of carbonyl (C=O) groups is 4. The molecule has 132 valence electrons. The van der Waals surface area contributed by atoms with Crippen molar-refractivity contribution in [1.29, 1.82) is 0 Å². The van der Waals surface area contributed by atoms with E-state index in [-0.39, 0.29) is 29.7 Å². The van der Waals surface area contributed by atoms with Crippen molar-refractivity contribution in [3.05, 3.63) is 29.1 Å². The number of ether oxygens (including phenoxy) is 1. The Morgan fingerprint density at radius 3 is 2.76 bits per heavy atom. The Morgan fingerprint density at radius 1 is 1.40 bits per heavy atom. The molecule has 1 aliphatic carbocycles. The molecule has 0 bridgehead atoms. The number of hydrogen-bond donors (Lipinski definition) is 3. The Labute approximate surface area is 140 Å². The van der Waals surface area contributed by atoms with Gasteiger partial charge in [-0.2, -0.15) is 0 Å². The zero-order valence-corrected chi connectivity index (χ0v) is 13.1. The van der Waals surface area contributed by atoms with Gasteiger partial charge in [0.2, 0.25) is 5.60 Å². The SMILES string of the molecule is CNC(=O)Nc1ccc2c(c1F)CC[C@]21OC(=O)N(CC(=O)O)C1=O. The molecule has 1 fully saturated rings. The normalized spacial score (nSPS) is 21.3. The number of halogens is 1. The number of anilines is 1. The zero-order chi connectivity index (χ0) is 18.4. The van der Waals surface area contributed by atoms with E-state index in [0.29, 0.717) is 4.90 Å². The van der Waals surface area contributed by atoms with Crippen LogP contribution in [-0.4, -0.2) is 47.6 Å². The van der Waals surface area contributed by atoms with Crippen LogP contribution < -0.4 is 10.6 Å². The maximum Gasteiger partial charge on any atom is 0.418 e. The molecule has 0 saturated carbocycles. The molecule has 1 aromatic rings. The summed E-state index contributed by atoms with van der Waals surface area (Å²) in [7, 11) is 1.38. The fraction of sp³-hybridized carbons (Fsp3) is 0.333. The van der Waals surface area contributed by atoms with Gasteiger partial charge in [0.25, 0.3) is 5.91 Å². The average Bonchev–Trinajstić information content (AvgIpc) is 3.04. The van der Waals surface area contributed by atoms with Gasteiger partial charge >= 0.3 is 18.1 Å². The monoisotopic (exact) mass is 351 g/mol. The number of hydrogen-bond acceptors (Lipinski definition) is 5. The lowest BCUT2D eigenvalue weighted by molar-refractivity contribution is -0.144. The van der Waals surface area contributed by atoms with Crippen molar-refractivity contribution >= 4 is 29.7 Å². The Kier molecular flexibility index (Phi) is 3.82. The fourth-order valence-corrected chi connectivity index (χ4v) is 3.11. The number of carboxylic acid groups (broad SMARTS) is 1. The van der Waals surface area contributed by atoms with E-state index in [4.69, 9.17) is 9.84 Å². The fourth-order valence-electron chi connectivity index (χ4n) is 3.11. The number of rotatable bonds is 3. The summed E-state index contributed by atoms with van der Waals surface area (Å²) in [4.78, 5) is 47.1. The van der Waals surface area contributed by atoms with Crippen LogP contribution >= 0.6 is 0 Å². The number of amides is 4. The van der Waals surface area contributed by atoms with Crippen LogP contribution in [0.5, 0.6) is 0 Å². The molecule has 3 N–H and O–H groups in total. The van der Waals surface area contributed by atoms with Gasteiger partial charge in [-0.05, 0) is 18.1 Å². The van der Waals surface area contributed by atoms with Crippen LogP contribution in [0.25, 0.3) is 0 Å². The van der Waals surface area contributed by atoms with Crippen molar-refractivity contribution in [2.24, 2.45) is 0 Å². The highest BCUT2D eigenvalue weighted by atomic mass is 19.1. The number of carboxylic acids is 1. The Hall–Kier alpha value is -3.17. The molecule has 0 radical (unpaired) electrons. The average molecular weight is 351 g/mol. The topological polar surface area (TPSA) is 125 Å². The van der Waals surface area contributed by atoms with Gasteiger partial charge in [0.15, 0.2) is 0 Å². The smallest absolute Gasteiger partial charge is 0.418 e. The first kappa shape index (κ1) is 16.7. The maximum atomic E-state index is 14.6. The molecule has 1 heterocycles. The molecule has 10 heteroatoms. The lowest BCUT2D eigenvalue weighted by atomic mass is 9.94. The van der Waals surface area contributed by atoms with Crippen LogP contribution in [0.1, 0.15) is 17.5 Å². The van der Waals surface area contributed by atoms with Crippen molar-refractivity contribution in [3.8, 4) is 0 Å². The first-order valence-electron chi connectivity index (χ1n) is 7.37. The van der Waals surface area contributed by atoms with E-state index in [9.17, 15) is 23.6 Å². The van der Waals surface area contributed by atoms with Gasteiger partial charge in [0.05, 0.1) is 5.69 Å². The maximum absolute atomic E-state index is 14.6. The van der Waals surface area contributed by atoms with Crippen LogP contribution in [0.2, 0.25) is 0 Å². The first-order chi connectivity index (χ1) is 11.8. The van der Waals surface area contributed by atoms with E-state index in [1.165, 1.54) is 19.2 Å². The van der Waals surface area contributed by atoms with Crippen molar-refractivity contribution in [2.75, 3.05) is 18.9 Å². The van der Waals surface area contributed by atoms with Gasteiger partial charge in [0.1, 0.15) is 12.4 Å². The van der Waals surface area contributed by atoms with Gasteiger partial charge in [-0.1, -0.05) is 6.07 Å². The number of urea groups is 1. The van der Waals surface area contributed by atoms with Gasteiger partial charge in [0, 0.05) is 19.0 Å². The Balaban J connectivity index is 1.99. The summed E-state index contributed by atoms with van der Waals surface area (Å²) in [5.74, 6) is -2.92. The summed E-state index contributed by atoms with van der Waals surface area (Å²) in [6, 6.07) is 2.05. The molecule has 0 aromatic heterocycles. The van der Waals surface area contributed by atoms with Crippen molar-refractivity contribution < 1.29 is 33.4 Å². The molecule has 25 heavy (non-hydrogen) atoms. The van der Waals surface area contributed by atoms with Crippen molar-refractivity contribution in [2.45, 2.75) is 18.4 Å². The highest BCUT2D eigenvalue weighted by molar-refractivity contribution is 6.06. The molecule has 1 saturated heterocycles. The summed E-state index contributed by atoms with van der Waals surface area (Å²) in [5.41, 5.74) is -1.48. The van der Waals surface area contributed by atoms with E-state index < -0.39 is 42.0 Å². The molecular formula is C15H14FN3O6. The lowest BCUT2D eigenvalue weighted by Crippen LogP contribution is -2.39. The van der Waals surface area contributed by atoms with Gasteiger partial charge < -0.3 is 20.5 Å². The molecule has 2 aliphatic rings. The van der Waals surface area contributed by atoms with E-state index in [1.54, 1.807) is 0 Å². The van der Waals surface area contributed by atoms with E-state index in [1.807, 2.05) is 0 Å². The molecule has 1 atom stereocenters. The zero-order valence-electron chi connectivity index (χ0n) is 13.1. The summed E-state index contributed by atoms with van der Waals surface area (Å²) in [6.45, 7) is -0.826. The lowest BCUT2D eigenvalue weighted by Gasteiger charge is -2.20. The van der Waals surface area contributed by atoms with Gasteiger partial charge in [-0.15, -0.1) is 0 Å². The third-order valence-electron chi connectivity index (χ3n) is 4.25. The summed E-state index contributed by atoms with van der Waals surface area (Å²) in [5, 5.41) is 13.4. The number of fused-ring (bicyclic) bond motifs is 2. The number of nitrogens with one attached hydrogen (secondary N) is 2. The van der Waals surface area contributed by atoms with Crippen LogP contribution in [0.3, 0.4) is 0 Å². The summed E-state index contributed by atoms with van der Waals surface area (Å²) in [6.07, 6.45) is -0.971. The Morgan fingerprint density at radius 2 is 2.12 bits per heavy atom. The second kappa shape index (κ2) is 5.72. The minimum Gasteiger partial charge on any atom is -0.480 e. The van der Waals surface area contributed by atoms with Crippen molar-refractivity contribution in [1.82, 2.24) is 10.2 Å². The second-order valence-electron chi connectivity index (χ2n) is 5.64. The summed E-state index contributed by atoms with van der Waals surface area (Å²) >= 11 is 0. The molecule has 3 rings (SSSR count). The number of nitrogens with zero attached hydrogens (tertiary/aromatic N) is 1. The number of imide groups is 1. The van der Waals surface area contributed by atoms with Gasteiger partial charge in [-0.25, -0.2) is 18.9 Å². The molecule has 1 aliphatic heterocycles. The number of aliphatic carboxylic acids is 1. The highest BCUT2D eigenvalue weighted by Gasteiger charge is 2.59.